The number of rotatable bonds is 4. The summed E-state index contributed by atoms with van der Waals surface area (Å²) in [6.45, 7) is 1.20. The highest BCUT2D eigenvalue weighted by Gasteiger charge is 2.26. The van der Waals surface area contributed by atoms with Gasteiger partial charge in [0.15, 0.2) is 5.76 Å². The van der Waals surface area contributed by atoms with Gasteiger partial charge in [-0.05, 0) is 49.6 Å². The highest BCUT2D eigenvalue weighted by molar-refractivity contribution is 6.03. The van der Waals surface area contributed by atoms with Crippen LogP contribution < -0.4 is 11.1 Å². The topological polar surface area (TPSA) is 88.6 Å². The van der Waals surface area contributed by atoms with Gasteiger partial charge in [0, 0.05) is 30.4 Å². The van der Waals surface area contributed by atoms with E-state index >= 15 is 0 Å². The lowest BCUT2D eigenvalue weighted by atomic mass is 10.0. The van der Waals surface area contributed by atoms with Gasteiger partial charge in [0.05, 0.1) is 6.26 Å². The third-order valence-corrected chi connectivity index (χ3v) is 4.27. The van der Waals surface area contributed by atoms with E-state index in [0.29, 0.717) is 17.8 Å². The Morgan fingerprint density at radius 2 is 2.12 bits per heavy atom. The molecule has 0 bridgehead atoms. The Hall–Kier alpha value is -2.60. The molecule has 0 spiro atoms. The zero-order valence-electron chi connectivity index (χ0n) is 13.4. The van der Waals surface area contributed by atoms with Crippen molar-refractivity contribution in [2.75, 3.05) is 18.4 Å². The lowest BCUT2D eigenvalue weighted by Crippen LogP contribution is -2.47. The smallest absolute Gasteiger partial charge is 0.291 e. The van der Waals surface area contributed by atoms with Gasteiger partial charge in [-0.15, -0.1) is 0 Å². The number of hydrogen-bond donors (Lipinski definition) is 2. The predicted molar refractivity (Wildman–Crippen MR) is 90.8 cm³/mol. The summed E-state index contributed by atoms with van der Waals surface area (Å²) in [6, 6.07) is 10.3. The summed E-state index contributed by atoms with van der Waals surface area (Å²) >= 11 is 0. The summed E-state index contributed by atoms with van der Waals surface area (Å²) in [5.74, 6) is -0.160. The van der Waals surface area contributed by atoms with E-state index in [1.807, 2.05) is 4.90 Å². The van der Waals surface area contributed by atoms with Gasteiger partial charge in [-0.3, -0.25) is 9.59 Å². The average molecular weight is 327 g/mol. The van der Waals surface area contributed by atoms with E-state index in [-0.39, 0.29) is 23.6 Å². The van der Waals surface area contributed by atoms with Crippen LogP contribution in [0.25, 0.3) is 0 Å². The number of piperidine rings is 1. The molecule has 1 aliphatic heterocycles. The van der Waals surface area contributed by atoms with E-state index in [9.17, 15) is 9.59 Å². The molecule has 6 heteroatoms. The van der Waals surface area contributed by atoms with Crippen molar-refractivity contribution >= 4 is 17.5 Å². The van der Waals surface area contributed by atoms with Gasteiger partial charge in [-0.2, -0.15) is 0 Å². The van der Waals surface area contributed by atoms with Gasteiger partial charge in [-0.1, -0.05) is 6.07 Å². The van der Waals surface area contributed by atoms with Gasteiger partial charge in [0.25, 0.3) is 11.8 Å². The van der Waals surface area contributed by atoms with Crippen molar-refractivity contribution in [1.82, 2.24) is 4.90 Å². The highest BCUT2D eigenvalue weighted by Crippen LogP contribution is 2.21. The van der Waals surface area contributed by atoms with E-state index in [4.69, 9.17) is 10.2 Å². The van der Waals surface area contributed by atoms with Crippen LogP contribution in [0.4, 0.5) is 5.69 Å². The molecule has 1 aromatic carbocycles. The molecule has 1 atom stereocenters. The van der Waals surface area contributed by atoms with Crippen molar-refractivity contribution in [2.45, 2.75) is 25.3 Å². The predicted octanol–water partition coefficient (Wildman–Crippen LogP) is 2.49. The first-order valence-corrected chi connectivity index (χ1v) is 8.15. The third-order valence-electron chi connectivity index (χ3n) is 4.27. The number of nitrogens with one attached hydrogen (secondary N) is 1. The molecule has 0 radical (unpaired) electrons. The summed E-state index contributed by atoms with van der Waals surface area (Å²) in [6.07, 6.45) is 4.48. The van der Waals surface area contributed by atoms with E-state index < -0.39 is 0 Å². The minimum Gasteiger partial charge on any atom is -0.459 e. The first-order valence-electron chi connectivity index (χ1n) is 8.15. The summed E-state index contributed by atoms with van der Waals surface area (Å²) < 4.78 is 5.07. The van der Waals surface area contributed by atoms with Gasteiger partial charge in [0.2, 0.25) is 0 Å². The summed E-state index contributed by atoms with van der Waals surface area (Å²) in [5.41, 5.74) is 6.91. The number of benzene rings is 1. The van der Waals surface area contributed by atoms with Crippen LogP contribution in [0, 0.1) is 0 Å². The molecular weight excluding hydrogens is 306 g/mol. The summed E-state index contributed by atoms with van der Waals surface area (Å²) in [5, 5.41) is 2.74. The Kier molecular flexibility index (Phi) is 4.96. The average Bonchev–Trinajstić information content (AvgIpc) is 3.16. The number of likely N-dealkylation sites (tertiary alicyclic amines) is 1. The van der Waals surface area contributed by atoms with Crippen molar-refractivity contribution in [1.29, 1.82) is 0 Å². The fourth-order valence-corrected chi connectivity index (χ4v) is 3.01. The van der Waals surface area contributed by atoms with E-state index in [0.717, 1.165) is 25.8 Å². The normalized spacial score (nSPS) is 17.5. The molecule has 1 aromatic heterocycles. The molecule has 0 saturated carbocycles. The first kappa shape index (κ1) is 16.3. The highest BCUT2D eigenvalue weighted by atomic mass is 16.3. The summed E-state index contributed by atoms with van der Waals surface area (Å²) in [4.78, 5) is 26.7. The van der Waals surface area contributed by atoms with Gasteiger partial charge >= 0.3 is 0 Å². The first-order chi connectivity index (χ1) is 11.7. The second-order valence-electron chi connectivity index (χ2n) is 5.90. The number of nitrogens with two attached hydrogens (primary N) is 1. The zero-order valence-corrected chi connectivity index (χ0v) is 13.4. The Morgan fingerprint density at radius 3 is 2.88 bits per heavy atom. The number of furan rings is 1. The third kappa shape index (κ3) is 3.49. The number of carbonyl (C=O) groups excluding carboxylic acids is 2. The van der Waals surface area contributed by atoms with Crippen molar-refractivity contribution < 1.29 is 14.0 Å². The number of amides is 2. The van der Waals surface area contributed by atoms with Crippen LogP contribution in [0.3, 0.4) is 0 Å². The van der Waals surface area contributed by atoms with Gasteiger partial charge in [0.1, 0.15) is 0 Å². The van der Waals surface area contributed by atoms with Crippen LogP contribution in [0.5, 0.6) is 0 Å². The summed E-state index contributed by atoms with van der Waals surface area (Å²) in [7, 11) is 0. The largest absolute Gasteiger partial charge is 0.459 e. The van der Waals surface area contributed by atoms with Crippen molar-refractivity contribution in [3.8, 4) is 0 Å². The Bertz CT molecular complexity index is 712. The molecule has 2 aromatic rings. The van der Waals surface area contributed by atoms with Gasteiger partial charge in [-0.25, -0.2) is 0 Å². The Labute approximate surface area is 140 Å². The minimum atomic E-state index is -0.345. The molecule has 24 heavy (non-hydrogen) atoms. The number of carbonyl (C=O) groups is 2. The van der Waals surface area contributed by atoms with Gasteiger partial charge < -0.3 is 20.4 Å². The fourth-order valence-electron chi connectivity index (χ4n) is 3.01. The second kappa shape index (κ2) is 7.31. The molecule has 1 saturated heterocycles. The monoisotopic (exact) mass is 327 g/mol. The molecular formula is C18H21N3O3. The molecule has 0 aliphatic carbocycles. The molecule has 1 fully saturated rings. The number of anilines is 1. The van der Waals surface area contributed by atoms with Crippen LogP contribution in [-0.2, 0) is 0 Å². The number of nitrogens with zero attached hydrogens (tertiary/aromatic N) is 1. The maximum Gasteiger partial charge on any atom is 0.291 e. The Balaban J connectivity index is 1.74. The van der Waals surface area contributed by atoms with Crippen LogP contribution >= 0.6 is 0 Å². The molecule has 2 heterocycles. The van der Waals surface area contributed by atoms with Crippen LogP contribution in [0.2, 0.25) is 0 Å². The quantitative estimate of drug-likeness (QED) is 0.903. The second-order valence-corrected chi connectivity index (χ2v) is 5.90. The maximum atomic E-state index is 12.8. The van der Waals surface area contributed by atoms with Crippen molar-refractivity contribution in [2.24, 2.45) is 5.73 Å². The molecule has 1 aliphatic rings. The molecule has 126 valence electrons. The lowest BCUT2D eigenvalue weighted by Gasteiger charge is -2.35. The van der Waals surface area contributed by atoms with E-state index in [1.165, 1.54) is 6.26 Å². The molecule has 2 amide bonds. The zero-order chi connectivity index (χ0) is 16.9. The molecule has 1 unspecified atom stereocenters. The minimum absolute atomic E-state index is 0.0424. The van der Waals surface area contributed by atoms with Crippen molar-refractivity contribution in [3.05, 3.63) is 54.0 Å². The molecule has 3 N–H and O–H groups in total. The van der Waals surface area contributed by atoms with Crippen molar-refractivity contribution in [3.63, 3.8) is 0 Å². The van der Waals surface area contributed by atoms with Crippen LogP contribution in [-0.4, -0.2) is 35.8 Å². The van der Waals surface area contributed by atoms with Crippen LogP contribution in [0.1, 0.15) is 40.2 Å². The maximum absolute atomic E-state index is 12.8. The van der Waals surface area contributed by atoms with E-state index in [2.05, 4.69) is 5.32 Å². The molecule has 6 nitrogen and oxygen atoms in total. The fraction of sp³-hybridized carbons (Fsp3) is 0.333. The standard InChI is InChI=1S/C18H21N3O3/c19-12-15-7-1-2-9-21(15)18(23)13-5-3-6-14(11-13)20-17(22)16-8-4-10-24-16/h3-6,8,10-11,15H,1-2,7,9,12,19H2,(H,20,22). The lowest BCUT2D eigenvalue weighted by molar-refractivity contribution is 0.0623. The van der Waals surface area contributed by atoms with E-state index in [1.54, 1.807) is 36.4 Å². The SMILES string of the molecule is NCC1CCCCN1C(=O)c1cccc(NC(=O)c2ccco2)c1. The van der Waals surface area contributed by atoms with Crippen LogP contribution in [0.15, 0.2) is 47.1 Å². The molecule has 3 rings (SSSR count). The number of hydrogen-bond acceptors (Lipinski definition) is 4. The Morgan fingerprint density at radius 1 is 1.25 bits per heavy atom.